The first-order valence-electron chi connectivity index (χ1n) is 6.99. The number of benzene rings is 1. The number of nitrogen functional groups attached to an aromatic ring is 1. The van der Waals surface area contributed by atoms with Gasteiger partial charge in [-0.25, -0.2) is 4.79 Å². The van der Waals surface area contributed by atoms with Crippen LogP contribution in [-0.4, -0.2) is 43.0 Å². The van der Waals surface area contributed by atoms with Crippen LogP contribution in [0.15, 0.2) is 18.2 Å². The molecule has 1 unspecified atom stereocenters. The van der Waals surface area contributed by atoms with E-state index in [0.717, 1.165) is 0 Å². The summed E-state index contributed by atoms with van der Waals surface area (Å²) < 4.78 is 5.00. The maximum Gasteiger partial charge on any atom is 0.340 e. The molecule has 116 valence electrons. The largest absolute Gasteiger partial charge is 0.462 e. The topological polar surface area (TPSA) is 84.7 Å². The van der Waals surface area contributed by atoms with Gasteiger partial charge in [0.1, 0.15) is 6.04 Å². The Kier molecular flexibility index (Phi) is 6.02. The molecule has 3 N–H and O–H groups in total. The molecule has 0 spiro atoms. The summed E-state index contributed by atoms with van der Waals surface area (Å²) in [6.07, 6.45) is 0. The van der Waals surface area contributed by atoms with E-state index < -0.39 is 12.0 Å². The highest BCUT2D eigenvalue weighted by atomic mass is 16.5. The Morgan fingerprint density at radius 3 is 2.62 bits per heavy atom. The molecule has 6 heteroatoms. The van der Waals surface area contributed by atoms with Gasteiger partial charge in [0.05, 0.1) is 23.5 Å². The number of likely N-dealkylation sites (N-methyl/N-ethyl adjacent to an activating group) is 1. The van der Waals surface area contributed by atoms with Crippen molar-refractivity contribution in [3.05, 3.63) is 23.8 Å². The van der Waals surface area contributed by atoms with Crippen molar-refractivity contribution in [2.75, 3.05) is 31.2 Å². The summed E-state index contributed by atoms with van der Waals surface area (Å²) in [5.74, 6) is -0.536. The van der Waals surface area contributed by atoms with E-state index in [9.17, 15) is 9.59 Å². The van der Waals surface area contributed by atoms with Gasteiger partial charge in [0.15, 0.2) is 0 Å². The average Bonchev–Trinajstić information content (AvgIpc) is 2.47. The number of nitrogens with one attached hydrogen (secondary N) is 1. The summed E-state index contributed by atoms with van der Waals surface area (Å²) >= 11 is 0. The number of ether oxygens (including phenoxy) is 1. The molecule has 0 aliphatic carbocycles. The van der Waals surface area contributed by atoms with Crippen LogP contribution in [-0.2, 0) is 9.53 Å². The van der Waals surface area contributed by atoms with Gasteiger partial charge in [0.25, 0.3) is 0 Å². The lowest BCUT2D eigenvalue weighted by atomic mass is 10.1. The predicted octanol–water partition coefficient (Wildman–Crippen LogP) is 1.72. The molecule has 0 saturated carbocycles. The highest BCUT2D eigenvalue weighted by Crippen LogP contribution is 2.25. The van der Waals surface area contributed by atoms with Crippen molar-refractivity contribution in [2.45, 2.75) is 26.8 Å². The molecule has 0 saturated heterocycles. The monoisotopic (exact) mass is 293 g/mol. The molecule has 0 bridgehead atoms. The van der Waals surface area contributed by atoms with Crippen molar-refractivity contribution in [3.63, 3.8) is 0 Å². The van der Waals surface area contributed by atoms with E-state index in [1.54, 1.807) is 44.0 Å². The standard InChI is InChI=1S/C15H23N3O3/c1-5-18(4)14(19)10(3)17-13-11(15(20)21-6-2)8-7-9-12(13)16/h7-10,17H,5-6,16H2,1-4H3. The number of hydrogen-bond donors (Lipinski definition) is 2. The maximum atomic E-state index is 12.1. The van der Waals surface area contributed by atoms with E-state index >= 15 is 0 Å². The van der Waals surface area contributed by atoms with Crippen molar-refractivity contribution in [1.82, 2.24) is 4.90 Å². The molecule has 0 heterocycles. The van der Waals surface area contributed by atoms with Crippen molar-refractivity contribution >= 4 is 23.3 Å². The average molecular weight is 293 g/mol. The molecule has 0 radical (unpaired) electrons. The number of rotatable bonds is 6. The van der Waals surface area contributed by atoms with E-state index in [4.69, 9.17) is 10.5 Å². The fourth-order valence-corrected chi connectivity index (χ4v) is 1.87. The van der Waals surface area contributed by atoms with Gasteiger partial charge in [-0.2, -0.15) is 0 Å². The second kappa shape index (κ2) is 7.52. The summed E-state index contributed by atoms with van der Waals surface area (Å²) in [5.41, 5.74) is 7.08. The van der Waals surface area contributed by atoms with E-state index in [-0.39, 0.29) is 12.5 Å². The quantitative estimate of drug-likeness (QED) is 0.616. The molecule has 21 heavy (non-hydrogen) atoms. The molecule has 1 aromatic carbocycles. The van der Waals surface area contributed by atoms with Crippen molar-refractivity contribution in [3.8, 4) is 0 Å². The highest BCUT2D eigenvalue weighted by molar-refractivity contribution is 6.00. The fourth-order valence-electron chi connectivity index (χ4n) is 1.87. The summed E-state index contributed by atoms with van der Waals surface area (Å²) in [4.78, 5) is 25.6. The molecule has 0 aromatic heterocycles. The minimum atomic E-state index is -0.493. The maximum absolute atomic E-state index is 12.1. The van der Waals surface area contributed by atoms with E-state index in [0.29, 0.717) is 23.5 Å². The van der Waals surface area contributed by atoms with Crippen LogP contribution in [0.25, 0.3) is 0 Å². The third kappa shape index (κ3) is 4.11. The Morgan fingerprint density at radius 2 is 2.05 bits per heavy atom. The van der Waals surface area contributed by atoms with Crippen LogP contribution in [0.2, 0.25) is 0 Å². The smallest absolute Gasteiger partial charge is 0.340 e. The number of carbonyl (C=O) groups is 2. The van der Waals surface area contributed by atoms with E-state index in [1.807, 2.05) is 6.92 Å². The molecule has 0 aliphatic heterocycles. The highest BCUT2D eigenvalue weighted by Gasteiger charge is 2.21. The van der Waals surface area contributed by atoms with Crippen molar-refractivity contribution in [1.29, 1.82) is 0 Å². The number of anilines is 2. The van der Waals surface area contributed by atoms with Crippen LogP contribution < -0.4 is 11.1 Å². The van der Waals surface area contributed by atoms with Crippen LogP contribution >= 0.6 is 0 Å². The Morgan fingerprint density at radius 1 is 1.38 bits per heavy atom. The second-order valence-electron chi connectivity index (χ2n) is 4.71. The molecule has 0 aliphatic rings. The fraction of sp³-hybridized carbons (Fsp3) is 0.467. The molecule has 1 amide bonds. The number of esters is 1. The molecular formula is C15H23N3O3. The van der Waals surface area contributed by atoms with Gasteiger partial charge < -0.3 is 20.7 Å². The Balaban J connectivity index is 3.02. The van der Waals surface area contributed by atoms with Crippen molar-refractivity contribution < 1.29 is 14.3 Å². The van der Waals surface area contributed by atoms with Crippen LogP contribution in [0.1, 0.15) is 31.1 Å². The third-order valence-electron chi connectivity index (χ3n) is 3.17. The molecule has 1 aromatic rings. The Bertz CT molecular complexity index is 517. The Labute approximate surface area is 125 Å². The number of carbonyl (C=O) groups excluding carboxylic acids is 2. The summed E-state index contributed by atoms with van der Waals surface area (Å²) in [5, 5.41) is 3.02. The zero-order valence-electron chi connectivity index (χ0n) is 13.0. The van der Waals surface area contributed by atoms with Gasteiger partial charge in [-0.3, -0.25) is 4.79 Å². The number of para-hydroxylation sites is 1. The Hall–Kier alpha value is -2.24. The summed E-state index contributed by atoms with van der Waals surface area (Å²) in [6, 6.07) is 4.48. The number of hydrogen-bond acceptors (Lipinski definition) is 5. The summed E-state index contributed by atoms with van der Waals surface area (Å²) in [6.45, 7) is 6.25. The lowest BCUT2D eigenvalue weighted by Crippen LogP contribution is -2.39. The lowest BCUT2D eigenvalue weighted by Gasteiger charge is -2.23. The first-order chi connectivity index (χ1) is 9.92. The van der Waals surface area contributed by atoms with E-state index in [2.05, 4.69) is 5.32 Å². The molecular weight excluding hydrogens is 270 g/mol. The van der Waals surface area contributed by atoms with Gasteiger partial charge in [0, 0.05) is 13.6 Å². The van der Waals surface area contributed by atoms with Crippen LogP contribution in [0.3, 0.4) is 0 Å². The number of nitrogens with two attached hydrogens (primary N) is 1. The normalized spacial score (nSPS) is 11.6. The van der Waals surface area contributed by atoms with Crippen LogP contribution in [0.4, 0.5) is 11.4 Å². The van der Waals surface area contributed by atoms with Gasteiger partial charge in [0.2, 0.25) is 5.91 Å². The molecule has 0 fully saturated rings. The molecule has 6 nitrogen and oxygen atoms in total. The number of nitrogens with zero attached hydrogens (tertiary/aromatic N) is 1. The van der Waals surface area contributed by atoms with Gasteiger partial charge in [-0.15, -0.1) is 0 Å². The minimum absolute atomic E-state index is 0.0736. The summed E-state index contributed by atoms with van der Waals surface area (Å²) in [7, 11) is 1.72. The van der Waals surface area contributed by atoms with Gasteiger partial charge >= 0.3 is 5.97 Å². The first kappa shape index (κ1) is 16.8. The second-order valence-corrected chi connectivity index (χ2v) is 4.71. The van der Waals surface area contributed by atoms with Gasteiger partial charge in [-0.1, -0.05) is 6.07 Å². The zero-order chi connectivity index (χ0) is 16.0. The van der Waals surface area contributed by atoms with E-state index in [1.165, 1.54) is 0 Å². The SMILES string of the molecule is CCOC(=O)c1cccc(N)c1NC(C)C(=O)N(C)CC. The first-order valence-corrected chi connectivity index (χ1v) is 6.99. The lowest BCUT2D eigenvalue weighted by molar-refractivity contribution is -0.130. The number of amides is 1. The van der Waals surface area contributed by atoms with Crippen molar-refractivity contribution in [2.24, 2.45) is 0 Å². The predicted molar refractivity (Wildman–Crippen MR) is 83.2 cm³/mol. The van der Waals surface area contributed by atoms with Crippen LogP contribution in [0, 0.1) is 0 Å². The van der Waals surface area contributed by atoms with Gasteiger partial charge in [-0.05, 0) is 32.9 Å². The third-order valence-corrected chi connectivity index (χ3v) is 3.17. The molecule has 1 atom stereocenters. The van der Waals surface area contributed by atoms with Crippen LogP contribution in [0.5, 0.6) is 0 Å². The minimum Gasteiger partial charge on any atom is -0.462 e. The zero-order valence-corrected chi connectivity index (χ0v) is 13.0. The molecule has 1 rings (SSSR count).